The lowest BCUT2D eigenvalue weighted by Gasteiger charge is -2.26. The number of primary amides is 1. The summed E-state index contributed by atoms with van der Waals surface area (Å²) in [6.07, 6.45) is 2.90. The molecule has 3 aromatic rings. The van der Waals surface area contributed by atoms with Gasteiger partial charge in [-0.2, -0.15) is 10.2 Å². The van der Waals surface area contributed by atoms with Crippen molar-refractivity contribution in [2.75, 3.05) is 5.32 Å². The number of rotatable bonds is 5. The molecule has 0 spiro atoms. The van der Waals surface area contributed by atoms with E-state index < -0.39 is 11.9 Å². The number of nitrogens with one attached hydrogen (secondary N) is 1. The Morgan fingerprint density at radius 1 is 1.23 bits per heavy atom. The second kappa shape index (κ2) is 7.38. The van der Waals surface area contributed by atoms with Gasteiger partial charge in [-0.15, -0.1) is 5.10 Å². The van der Waals surface area contributed by atoms with Gasteiger partial charge in [-0.25, -0.2) is 9.67 Å². The summed E-state index contributed by atoms with van der Waals surface area (Å²) >= 11 is 3.28. The van der Waals surface area contributed by atoms with Crippen molar-refractivity contribution in [3.63, 3.8) is 0 Å². The summed E-state index contributed by atoms with van der Waals surface area (Å²) in [5, 5.41) is 15.2. The van der Waals surface area contributed by atoms with Crippen LogP contribution in [0.3, 0.4) is 0 Å². The fraction of sp³-hybridized carbons (Fsp3) is 0.316. The maximum absolute atomic E-state index is 13.2. The van der Waals surface area contributed by atoms with E-state index in [1.807, 2.05) is 0 Å². The molecule has 3 amide bonds. The van der Waals surface area contributed by atoms with Crippen LogP contribution in [-0.4, -0.2) is 59.7 Å². The maximum atomic E-state index is 13.2. The Balaban J connectivity index is 1.38. The maximum Gasteiger partial charge on any atom is 0.269 e. The van der Waals surface area contributed by atoms with Crippen LogP contribution in [0, 0.1) is 5.92 Å². The first-order valence-electron chi connectivity index (χ1n) is 9.65. The van der Waals surface area contributed by atoms with Gasteiger partial charge in [-0.1, -0.05) is 6.07 Å². The fourth-order valence-corrected chi connectivity index (χ4v) is 4.50. The molecule has 3 N–H and O–H groups in total. The largest absolute Gasteiger partial charge is 0.364 e. The van der Waals surface area contributed by atoms with E-state index in [0.717, 1.165) is 6.42 Å². The van der Waals surface area contributed by atoms with E-state index in [1.165, 1.54) is 10.9 Å². The lowest BCUT2D eigenvalue weighted by atomic mass is 10.1. The van der Waals surface area contributed by atoms with Gasteiger partial charge in [0.1, 0.15) is 23.0 Å². The Hall–Kier alpha value is -3.41. The highest BCUT2D eigenvalue weighted by molar-refractivity contribution is 9.10. The number of nitrogens with two attached hydrogens (primary N) is 1. The molecule has 1 saturated heterocycles. The van der Waals surface area contributed by atoms with E-state index in [1.54, 1.807) is 29.2 Å². The number of piperidine rings is 1. The minimum absolute atomic E-state index is 0.0263. The highest BCUT2D eigenvalue weighted by atomic mass is 79.9. The number of pyridine rings is 1. The van der Waals surface area contributed by atoms with Crippen LogP contribution in [0.1, 0.15) is 23.3 Å². The quantitative estimate of drug-likeness (QED) is 0.506. The molecule has 3 atom stereocenters. The zero-order valence-electron chi connectivity index (χ0n) is 16.1. The van der Waals surface area contributed by atoms with E-state index in [9.17, 15) is 14.4 Å². The summed E-state index contributed by atoms with van der Waals surface area (Å²) in [6.45, 7) is -0.176. The number of anilines is 1. The molecule has 0 aromatic carbocycles. The van der Waals surface area contributed by atoms with Crippen molar-refractivity contribution in [1.82, 2.24) is 29.9 Å². The normalized spacial score (nSPS) is 21.7. The van der Waals surface area contributed by atoms with Gasteiger partial charge in [0, 0.05) is 6.04 Å². The Morgan fingerprint density at radius 2 is 2.06 bits per heavy atom. The van der Waals surface area contributed by atoms with E-state index in [0.29, 0.717) is 28.1 Å². The molecule has 158 valence electrons. The number of carbonyl (C=O) groups is 3. The average molecular weight is 485 g/mol. The third-order valence-electron chi connectivity index (χ3n) is 5.60. The van der Waals surface area contributed by atoms with Crippen molar-refractivity contribution in [2.24, 2.45) is 11.7 Å². The molecular weight excluding hydrogens is 468 g/mol. The lowest BCUT2D eigenvalue weighted by molar-refractivity contribution is -0.138. The molecule has 0 bridgehead atoms. The van der Waals surface area contributed by atoms with Gasteiger partial charge in [-0.05, 0) is 52.9 Å². The van der Waals surface area contributed by atoms with Crippen LogP contribution in [0.15, 0.2) is 35.1 Å². The number of carbonyl (C=O) groups excluding carboxylic acids is 3. The molecule has 1 saturated carbocycles. The number of amides is 3. The van der Waals surface area contributed by atoms with Gasteiger partial charge in [-0.3, -0.25) is 14.4 Å². The highest BCUT2D eigenvalue weighted by Crippen LogP contribution is 2.48. The minimum Gasteiger partial charge on any atom is -0.364 e. The number of likely N-dealkylation sites (tertiary alicyclic amines) is 1. The van der Waals surface area contributed by atoms with Crippen LogP contribution >= 0.6 is 15.9 Å². The van der Waals surface area contributed by atoms with Crippen LogP contribution in [0.5, 0.6) is 0 Å². The summed E-state index contributed by atoms with van der Waals surface area (Å²) in [4.78, 5) is 43.6. The predicted molar refractivity (Wildman–Crippen MR) is 112 cm³/mol. The number of aromatic nitrogens is 5. The first-order chi connectivity index (χ1) is 14.9. The fourth-order valence-electron chi connectivity index (χ4n) is 4.16. The zero-order chi connectivity index (χ0) is 21.7. The second-order valence-corrected chi connectivity index (χ2v) is 8.40. The van der Waals surface area contributed by atoms with Crippen LogP contribution < -0.4 is 11.1 Å². The van der Waals surface area contributed by atoms with Crippen molar-refractivity contribution in [1.29, 1.82) is 0 Å². The molecular formula is C19H17BrN8O3. The number of halogens is 1. The third-order valence-corrected chi connectivity index (χ3v) is 6.04. The molecule has 0 radical (unpaired) electrons. The van der Waals surface area contributed by atoms with Crippen molar-refractivity contribution in [2.45, 2.75) is 31.5 Å². The van der Waals surface area contributed by atoms with Gasteiger partial charge in [0.25, 0.3) is 5.91 Å². The van der Waals surface area contributed by atoms with Crippen molar-refractivity contribution in [3.05, 3.63) is 40.8 Å². The molecule has 11 nitrogen and oxygen atoms in total. The van der Waals surface area contributed by atoms with Gasteiger partial charge in [0.2, 0.25) is 11.8 Å². The molecule has 2 fully saturated rings. The van der Waals surface area contributed by atoms with Crippen LogP contribution in [0.2, 0.25) is 0 Å². The molecule has 31 heavy (non-hydrogen) atoms. The number of fused-ring (bicyclic) bond motifs is 2. The second-order valence-electron chi connectivity index (χ2n) is 7.59. The summed E-state index contributed by atoms with van der Waals surface area (Å²) in [7, 11) is 0. The molecule has 3 aromatic heterocycles. The van der Waals surface area contributed by atoms with E-state index in [-0.39, 0.29) is 35.7 Å². The summed E-state index contributed by atoms with van der Waals surface area (Å²) in [5.41, 5.74) is 5.71. The Kier molecular flexibility index (Phi) is 4.65. The van der Waals surface area contributed by atoms with E-state index >= 15 is 0 Å². The highest BCUT2D eigenvalue weighted by Gasteiger charge is 2.56. The number of hydrogen-bond donors (Lipinski definition) is 2. The van der Waals surface area contributed by atoms with E-state index in [2.05, 4.69) is 41.5 Å². The summed E-state index contributed by atoms with van der Waals surface area (Å²) < 4.78 is 1.91. The summed E-state index contributed by atoms with van der Waals surface area (Å²) in [5.74, 6) is -0.559. The summed E-state index contributed by atoms with van der Waals surface area (Å²) in [6, 6.07) is 6.22. The Morgan fingerprint density at radius 3 is 2.84 bits per heavy atom. The molecule has 4 heterocycles. The Labute approximate surface area is 184 Å². The standard InChI is InChI=1S/C19H17BrN8O3/c20-13-2-1-3-14(23-13)24-19(31)12-7-9-6-11(9)28(12)15(29)8-27-18-10(4-5-22-25-18)16(26-27)17(21)30/h1-5,9,11-12H,6-8H2,(H2,21,30)(H,23,24,31)/t9-,11-,12+/m1/s1. The SMILES string of the molecule is NC(=O)c1nn(CC(=O)N2[C@@H]3C[C@@H]3C[C@H]2C(=O)Nc2cccc(Br)n2)c2nnccc12. The van der Waals surface area contributed by atoms with Crippen molar-refractivity contribution in [3.8, 4) is 0 Å². The van der Waals surface area contributed by atoms with Gasteiger partial charge in [0.15, 0.2) is 11.3 Å². The van der Waals surface area contributed by atoms with Gasteiger partial charge in [0.05, 0.1) is 11.6 Å². The van der Waals surface area contributed by atoms with Crippen molar-refractivity contribution < 1.29 is 14.4 Å². The molecule has 1 aliphatic heterocycles. The molecule has 1 aliphatic carbocycles. The zero-order valence-corrected chi connectivity index (χ0v) is 17.7. The molecule has 2 aliphatic rings. The number of nitrogens with zero attached hydrogens (tertiary/aromatic N) is 6. The first-order valence-corrected chi connectivity index (χ1v) is 10.4. The van der Waals surface area contributed by atoms with Crippen LogP contribution in [0.4, 0.5) is 5.82 Å². The first kappa shape index (κ1) is 19.5. The number of hydrogen-bond acceptors (Lipinski definition) is 7. The smallest absolute Gasteiger partial charge is 0.269 e. The van der Waals surface area contributed by atoms with Crippen LogP contribution in [0.25, 0.3) is 11.0 Å². The molecule has 12 heteroatoms. The minimum atomic E-state index is -0.716. The van der Waals surface area contributed by atoms with Crippen molar-refractivity contribution >= 4 is 50.5 Å². The third kappa shape index (κ3) is 3.52. The van der Waals surface area contributed by atoms with E-state index in [4.69, 9.17) is 5.73 Å². The lowest BCUT2D eigenvalue weighted by Crippen LogP contribution is -2.46. The predicted octanol–water partition coefficient (Wildman–Crippen LogP) is 0.711. The van der Waals surface area contributed by atoms with Crippen LogP contribution in [-0.2, 0) is 16.1 Å². The van der Waals surface area contributed by atoms with Gasteiger partial charge < -0.3 is 16.0 Å². The monoisotopic (exact) mass is 484 g/mol. The van der Waals surface area contributed by atoms with Gasteiger partial charge >= 0.3 is 0 Å². The topological polar surface area (TPSA) is 149 Å². The average Bonchev–Trinajstić information content (AvgIpc) is 3.24. The molecule has 5 rings (SSSR count). The Bertz CT molecular complexity index is 1230. The molecule has 0 unspecified atom stereocenters.